The van der Waals surface area contributed by atoms with E-state index in [1.807, 2.05) is 46.8 Å². The number of para-hydroxylation sites is 1. The lowest BCUT2D eigenvalue weighted by Gasteiger charge is -2.31. The highest BCUT2D eigenvalue weighted by molar-refractivity contribution is 6.31. The van der Waals surface area contributed by atoms with Crippen LogP contribution in [0.1, 0.15) is 59.4 Å². The lowest BCUT2D eigenvalue weighted by Crippen LogP contribution is -2.38. The maximum absolute atomic E-state index is 12.9. The smallest absolute Gasteiger partial charge is 0.410 e. The summed E-state index contributed by atoms with van der Waals surface area (Å²) in [5, 5.41) is 0.757. The third-order valence-corrected chi connectivity index (χ3v) is 6.23. The largest absolute Gasteiger partial charge is 0.444 e. The van der Waals surface area contributed by atoms with Crippen molar-refractivity contribution in [1.82, 2.24) is 10.4 Å². The first-order chi connectivity index (χ1) is 18.0. The van der Waals surface area contributed by atoms with Crippen LogP contribution >= 0.6 is 11.6 Å². The highest BCUT2D eigenvalue weighted by Crippen LogP contribution is 2.36. The van der Waals surface area contributed by atoms with Crippen molar-refractivity contribution in [3.8, 4) is 0 Å². The van der Waals surface area contributed by atoms with Crippen LogP contribution in [-0.2, 0) is 20.8 Å². The van der Waals surface area contributed by atoms with E-state index in [1.165, 1.54) is 22.9 Å². The van der Waals surface area contributed by atoms with Crippen LogP contribution in [0.4, 0.5) is 10.5 Å². The molecule has 1 aliphatic heterocycles. The summed E-state index contributed by atoms with van der Waals surface area (Å²) in [7, 11) is 0. The molecule has 3 rings (SSSR count). The van der Waals surface area contributed by atoms with Crippen molar-refractivity contribution >= 4 is 29.3 Å². The molecule has 7 nitrogen and oxygen atoms in total. The van der Waals surface area contributed by atoms with E-state index < -0.39 is 11.7 Å². The van der Waals surface area contributed by atoms with Gasteiger partial charge in [-0.1, -0.05) is 48.0 Å². The first kappa shape index (κ1) is 29.5. The van der Waals surface area contributed by atoms with Crippen LogP contribution < -0.4 is 10.4 Å². The minimum Gasteiger partial charge on any atom is -0.444 e. The van der Waals surface area contributed by atoms with Crippen LogP contribution in [-0.4, -0.2) is 48.2 Å². The van der Waals surface area contributed by atoms with E-state index in [2.05, 4.69) is 40.7 Å². The number of halogens is 1. The molecule has 0 fully saturated rings. The van der Waals surface area contributed by atoms with Crippen molar-refractivity contribution in [3.05, 3.63) is 76.5 Å². The van der Waals surface area contributed by atoms with Crippen molar-refractivity contribution < 1.29 is 19.2 Å². The van der Waals surface area contributed by atoms with E-state index in [-0.39, 0.29) is 18.6 Å². The molecular weight excluding hydrogens is 502 g/mol. The number of allylic oxidation sites excluding steroid dienone is 5. The molecule has 1 aromatic carbocycles. The summed E-state index contributed by atoms with van der Waals surface area (Å²) in [6.45, 7) is 10.7. The van der Waals surface area contributed by atoms with Gasteiger partial charge in [0, 0.05) is 42.1 Å². The molecule has 38 heavy (non-hydrogen) atoms. The summed E-state index contributed by atoms with van der Waals surface area (Å²) in [6.07, 6.45) is 12.2. The summed E-state index contributed by atoms with van der Waals surface area (Å²) in [5.41, 5.74) is 6.65. The van der Waals surface area contributed by atoms with E-state index >= 15 is 0 Å². The fourth-order valence-electron chi connectivity index (χ4n) is 4.24. The lowest BCUT2D eigenvalue weighted by molar-refractivity contribution is -0.131. The maximum Gasteiger partial charge on any atom is 0.410 e. The quantitative estimate of drug-likeness (QED) is 0.210. The van der Waals surface area contributed by atoms with Gasteiger partial charge in [-0.25, -0.2) is 10.3 Å². The zero-order chi connectivity index (χ0) is 27.7. The van der Waals surface area contributed by atoms with E-state index in [4.69, 9.17) is 21.2 Å². The predicted octanol–water partition coefficient (Wildman–Crippen LogP) is 6.42. The Kier molecular flexibility index (Phi) is 10.6. The Morgan fingerprint density at radius 1 is 1.16 bits per heavy atom. The second-order valence-electron chi connectivity index (χ2n) is 10.7. The van der Waals surface area contributed by atoms with Gasteiger partial charge in [0.2, 0.25) is 0 Å². The Balaban J connectivity index is 1.65. The number of ether oxygens (including phenoxy) is 1. The molecule has 2 aliphatic rings. The van der Waals surface area contributed by atoms with Crippen molar-refractivity contribution in [2.24, 2.45) is 0 Å². The minimum atomic E-state index is -0.611. The Morgan fingerprint density at radius 2 is 1.92 bits per heavy atom. The van der Waals surface area contributed by atoms with Gasteiger partial charge < -0.3 is 14.5 Å². The SMILES string of the molecule is CC(C)ONC(=O)/C=C/CN(CCCCN1C2=CC(Cl)=CCC2=CCc2ccccc21)C(=O)OC(C)(C)C. The van der Waals surface area contributed by atoms with Crippen molar-refractivity contribution in [2.75, 3.05) is 24.5 Å². The van der Waals surface area contributed by atoms with Crippen molar-refractivity contribution in [1.29, 1.82) is 0 Å². The fourth-order valence-corrected chi connectivity index (χ4v) is 4.42. The number of amides is 2. The van der Waals surface area contributed by atoms with Gasteiger partial charge in [-0.15, -0.1) is 0 Å². The molecule has 1 heterocycles. The molecule has 0 atom stereocenters. The Labute approximate surface area is 231 Å². The molecule has 206 valence electrons. The summed E-state index contributed by atoms with van der Waals surface area (Å²) in [6, 6.07) is 8.47. The summed E-state index contributed by atoms with van der Waals surface area (Å²) in [5.74, 6) is -0.375. The van der Waals surface area contributed by atoms with Gasteiger partial charge in [-0.2, -0.15) is 0 Å². The van der Waals surface area contributed by atoms with Gasteiger partial charge in [0.15, 0.2) is 0 Å². The number of unbranched alkanes of at least 4 members (excludes halogenated alkanes) is 1. The molecule has 0 radical (unpaired) electrons. The number of hydroxylamine groups is 1. The highest BCUT2D eigenvalue weighted by Gasteiger charge is 2.24. The summed E-state index contributed by atoms with van der Waals surface area (Å²) < 4.78 is 5.61. The fraction of sp³-hybridized carbons (Fsp3) is 0.467. The molecule has 0 spiro atoms. The molecule has 0 aromatic heterocycles. The Morgan fingerprint density at radius 3 is 2.66 bits per heavy atom. The molecular formula is C30H40ClN3O4. The topological polar surface area (TPSA) is 71.1 Å². The van der Waals surface area contributed by atoms with E-state index in [0.717, 1.165) is 43.0 Å². The standard InChI is InChI=1S/C30H40ClN3O4/c1-22(2)38-32-28(35)13-10-19-33(29(36)37-30(3,4)5)18-8-9-20-34-26-12-7-6-11-23(26)14-15-24-16-17-25(31)21-27(24)34/h6-7,10-13,15,17,21-22H,8-9,14,16,18-20H2,1-5H3,(H,32,35)/b13-10+. The van der Waals surface area contributed by atoms with Crippen LogP contribution in [0.3, 0.4) is 0 Å². The number of hydrogen-bond acceptors (Lipinski definition) is 5. The third-order valence-electron chi connectivity index (χ3n) is 5.96. The molecule has 0 unspecified atom stereocenters. The molecule has 1 N–H and O–H groups in total. The number of benzene rings is 1. The molecule has 1 aliphatic carbocycles. The normalized spacial score (nSPS) is 15.2. The van der Waals surface area contributed by atoms with Gasteiger partial charge in [-0.05, 0) is 83.6 Å². The second-order valence-corrected chi connectivity index (χ2v) is 11.1. The zero-order valence-electron chi connectivity index (χ0n) is 23.1. The first-order valence-corrected chi connectivity index (χ1v) is 13.6. The summed E-state index contributed by atoms with van der Waals surface area (Å²) >= 11 is 6.41. The van der Waals surface area contributed by atoms with Crippen LogP contribution in [0.2, 0.25) is 0 Å². The third kappa shape index (κ3) is 9.07. The number of nitrogens with one attached hydrogen (secondary N) is 1. The number of anilines is 1. The number of carbonyl (C=O) groups excluding carboxylic acids is 2. The van der Waals surface area contributed by atoms with Gasteiger partial charge >= 0.3 is 6.09 Å². The van der Waals surface area contributed by atoms with Gasteiger partial charge in [-0.3, -0.25) is 9.63 Å². The zero-order valence-corrected chi connectivity index (χ0v) is 23.9. The number of fused-ring (bicyclic) bond motifs is 2. The average molecular weight is 542 g/mol. The minimum absolute atomic E-state index is 0.121. The molecule has 1 aromatic rings. The second kappa shape index (κ2) is 13.7. The lowest BCUT2D eigenvalue weighted by atomic mass is 10.0. The molecule has 0 bridgehead atoms. The highest BCUT2D eigenvalue weighted by atomic mass is 35.5. The number of hydrogen-bond donors (Lipinski definition) is 1. The average Bonchev–Trinajstić information content (AvgIpc) is 2.99. The Bertz CT molecular complexity index is 1110. The first-order valence-electron chi connectivity index (χ1n) is 13.3. The van der Waals surface area contributed by atoms with E-state index in [9.17, 15) is 9.59 Å². The van der Waals surface area contributed by atoms with Crippen LogP contribution in [0.5, 0.6) is 0 Å². The Hall–Kier alpha value is -3.03. The number of rotatable bonds is 10. The van der Waals surface area contributed by atoms with E-state index in [0.29, 0.717) is 6.54 Å². The molecule has 2 amide bonds. The number of carbonyl (C=O) groups is 2. The van der Waals surface area contributed by atoms with Crippen LogP contribution in [0.25, 0.3) is 0 Å². The van der Waals surface area contributed by atoms with Crippen molar-refractivity contribution in [2.45, 2.75) is 72.0 Å². The van der Waals surface area contributed by atoms with Crippen LogP contribution in [0, 0.1) is 0 Å². The predicted molar refractivity (Wildman–Crippen MR) is 153 cm³/mol. The molecule has 0 saturated carbocycles. The molecule has 8 heteroatoms. The summed E-state index contributed by atoms with van der Waals surface area (Å²) in [4.78, 5) is 33.9. The number of nitrogens with zero attached hydrogens (tertiary/aromatic N) is 2. The van der Waals surface area contributed by atoms with Gasteiger partial charge in [0.1, 0.15) is 5.60 Å². The van der Waals surface area contributed by atoms with Gasteiger partial charge in [0.05, 0.1) is 6.10 Å². The monoisotopic (exact) mass is 541 g/mol. The molecule has 0 saturated heterocycles. The van der Waals surface area contributed by atoms with E-state index in [1.54, 1.807) is 11.0 Å². The van der Waals surface area contributed by atoms with Crippen molar-refractivity contribution in [3.63, 3.8) is 0 Å². The van der Waals surface area contributed by atoms with Gasteiger partial charge in [0.25, 0.3) is 5.91 Å². The van der Waals surface area contributed by atoms with Crippen LogP contribution in [0.15, 0.2) is 70.9 Å². The maximum atomic E-state index is 12.9.